The second-order valence-electron chi connectivity index (χ2n) is 6.48. The second kappa shape index (κ2) is 11.2. The van der Waals surface area contributed by atoms with Gasteiger partial charge in [-0.25, -0.2) is 0 Å². The molecule has 162 valence electrons. The SMILES string of the molecule is CCOc1cc(/C=C2\SC(=O)N(CC(=O)NCCCCCC(=O)O)C2=O)ccc1O. The summed E-state index contributed by atoms with van der Waals surface area (Å²) in [5, 5.41) is 20.4. The van der Waals surface area contributed by atoms with Crippen LogP contribution < -0.4 is 10.1 Å². The number of ether oxygens (including phenoxy) is 1. The number of thioether (sulfide) groups is 1. The van der Waals surface area contributed by atoms with Crippen molar-refractivity contribution in [2.75, 3.05) is 19.7 Å². The number of aromatic hydroxyl groups is 1. The van der Waals surface area contributed by atoms with Gasteiger partial charge in [0.2, 0.25) is 5.91 Å². The standard InChI is InChI=1S/C20H24N2O7S/c1-2-29-15-10-13(7-8-14(15)23)11-16-19(27)22(20(28)30-16)12-17(24)21-9-5-3-4-6-18(25)26/h7-8,10-11,23H,2-6,9,12H2,1H3,(H,21,24)(H,25,26)/b16-11-. The number of hydrogen-bond donors (Lipinski definition) is 3. The van der Waals surface area contributed by atoms with Crippen LogP contribution in [0.3, 0.4) is 0 Å². The summed E-state index contributed by atoms with van der Waals surface area (Å²) in [5.41, 5.74) is 0.576. The Morgan fingerprint density at radius 2 is 2.00 bits per heavy atom. The van der Waals surface area contributed by atoms with Crippen LogP contribution in [0.2, 0.25) is 0 Å². The number of unbranched alkanes of at least 4 members (excludes halogenated alkanes) is 2. The number of carbonyl (C=O) groups is 4. The molecule has 2 rings (SSSR count). The highest BCUT2D eigenvalue weighted by atomic mass is 32.2. The number of carbonyl (C=O) groups excluding carboxylic acids is 3. The van der Waals surface area contributed by atoms with Crippen LogP contribution in [0.1, 0.15) is 38.2 Å². The van der Waals surface area contributed by atoms with Gasteiger partial charge in [0.25, 0.3) is 11.1 Å². The smallest absolute Gasteiger partial charge is 0.303 e. The van der Waals surface area contributed by atoms with E-state index >= 15 is 0 Å². The molecule has 1 aromatic rings. The molecule has 1 heterocycles. The summed E-state index contributed by atoms with van der Waals surface area (Å²) in [6, 6.07) is 4.58. The second-order valence-corrected chi connectivity index (χ2v) is 7.48. The topological polar surface area (TPSA) is 133 Å². The predicted molar refractivity (Wildman–Crippen MR) is 111 cm³/mol. The molecule has 1 saturated heterocycles. The van der Waals surface area contributed by atoms with Crippen molar-refractivity contribution in [2.45, 2.75) is 32.6 Å². The van der Waals surface area contributed by atoms with E-state index in [0.717, 1.165) is 16.7 Å². The minimum atomic E-state index is -0.854. The van der Waals surface area contributed by atoms with Gasteiger partial charge in [0.1, 0.15) is 6.54 Å². The normalized spacial score (nSPS) is 15.0. The molecule has 1 aliphatic heterocycles. The molecule has 0 saturated carbocycles. The predicted octanol–water partition coefficient (Wildman–Crippen LogP) is 2.59. The number of carboxylic acids is 1. The molecule has 0 unspecified atom stereocenters. The lowest BCUT2D eigenvalue weighted by molar-refractivity contribution is -0.137. The van der Waals surface area contributed by atoms with E-state index in [-0.39, 0.29) is 29.4 Å². The zero-order valence-corrected chi connectivity index (χ0v) is 17.4. The zero-order valence-electron chi connectivity index (χ0n) is 16.6. The van der Waals surface area contributed by atoms with Crippen LogP contribution in [0.5, 0.6) is 11.5 Å². The number of nitrogens with one attached hydrogen (secondary N) is 1. The highest BCUT2D eigenvalue weighted by molar-refractivity contribution is 8.18. The van der Waals surface area contributed by atoms with Crippen LogP contribution in [0.15, 0.2) is 23.1 Å². The molecule has 10 heteroatoms. The van der Waals surface area contributed by atoms with Crippen molar-refractivity contribution in [1.29, 1.82) is 0 Å². The van der Waals surface area contributed by atoms with Gasteiger partial charge in [0, 0.05) is 13.0 Å². The average Bonchev–Trinajstić information content (AvgIpc) is 2.94. The lowest BCUT2D eigenvalue weighted by atomic mass is 10.2. The Hall–Kier alpha value is -3.01. The monoisotopic (exact) mass is 436 g/mol. The lowest BCUT2D eigenvalue weighted by Gasteiger charge is -2.12. The maximum atomic E-state index is 12.5. The molecule has 3 N–H and O–H groups in total. The minimum Gasteiger partial charge on any atom is -0.504 e. The van der Waals surface area contributed by atoms with Crippen LogP contribution in [0.4, 0.5) is 4.79 Å². The van der Waals surface area contributed by atoms with E-state index in [2.05, 4.69) is 5.32 Å². The van der Waals surface area contributed by atoms with Crippen molar-refractivity contribution in [3.63, 3.8) is 0 Å². The minimum absolute atomic E-state index is 0.0262. The van der Waals surface area contributed by atoms with E-state index < -0.39 is 23.0 Å². The van der Waals surface area contributed by atoms with Crippen molar-refractivity contribution >= 4 is 40.9 Å². The maximum Gasteiger partial charge on any atom is 0.303 e. The summed E-state index contributed by atoms with van der Waals surface area (Å²) < 4.78 is 5.31. The van der Waals surface area contributed by atoms with E-state index in [9.17, 15) is 24.3 Å². The molecule has 3 amide bonds. The van der Waals surface area contributed by atoms with E-state index in [1.807, 2.05) is 0 Å². The number of aliphatic carboxylic acids is 1. The van der Waals surface area contributed by atoms with Gasteiger partial charge in [-0.1, -0.05) is 12.5 Å². The number of benzene rings is 1. The fourth-order valence-electron chi connectivity index (χ4n) is 2.68. The highest BCUT2D eigenvalue weighted by Gasteiger charge is 2.36. The third kappa shape index (κ3) is 6.80. The van der Waals surface area contributed by atoms with Gasteiger partial charge in [-0.15, -0.1) is 0 Å². The van der Waals surface area contributed by atoms with Crippen LogP contribution in [0, 0.1) is 0 Å². The van der Waals surface area contributed by atoms with E-state index in [4.69, 9.17) is 9.84 Å². The molecule has 0 radical (unpaired) electrons. The zero-order chi connectivity index (χ0) is 22.1. The van der Waals surface area contributed by atoms with Gasteiger partial charge < -0.3 is 20.3 Å². The van der Waals surface area contributed by atoms with Crippen molar-refractivity contribution < 1.29 is 34.1 Å². The van der Waals surface area contributed by atoms with Crippen LogP contribution in [-0.4, -0.2) is 57.8 Å². The first-order chi connectivity index (χ1) is 14.3. The largest absolute Gasteiger partial charge is 0.504 e. The quantitative estimate of drug-likeness (QED) is 0.356. The Morgan fingerprint density at radius 1 is 1.23 bits per heavy atom. The van der Waals surface area contributed by atoms with Crippen molar-refractivity contribution in [3.8, 4) is 11.5 Å². The van der Waals surface area contributed by atoms with Gasteiger partial charge in [0.15, 0.2) is 11.5 Å². The van der Waals surface area contributed by atoms with Gasteiger partial charge in [-0.3, -0.25) is 24.1 Å². The number of amides is 3. The highest BCUT2D eigenvalue weighted by Crippen LogP contribution is 2.34. The molecule has 0 aliphatic carbocycles. The summed E-state index contributed by atoms with van der Waals surface area (Å²) in [6.45, 7) is 2.11. The van der Waals surface area contributed by atoms with Crippen molar-refractivity contribution in [1.82, 2.24) is 10.2 Å². The number of imide groups is 1. The van der Waals surface area contributed by atoms with Crippen molar-refractivity contribution in [2.24, 2.45) is 0 Å². The number of hydrogen-bond acceptors (Lipinski definition) is 7. The average molecular weight is 436 g/mol. The fraction of sp³-hybridized carbons (Fsp3) is 0.400. The van der Waals surface area contributed by atoms with Gasteiger partial charge in [-0.2, -0.15) is 0 Å². The van der Waals surface area contributed by atoms with Crippen LogP contribution in [0.25, 0.3) is 6.08 Å². The molecule has 0 aromatic heterocycles. The Labute approximate surface area is 178 Å². The Bertz CT molecular complexity index is 854. The maximum absolute atomic E-state index is 12.5. The Kier molecular flexibility index (Phi) is 8.72. The van der Waals surface area contributed by atoms with Crippen molar-refractivity contribution in [3.05, 3.63) is 28.7 Å². The van der Waals surface area contributed by atoms with Gasteiger partial charge in [0.05, 0.1) is 11.5 Å². The summed E-state index contributed by atoms with van der Waals surface area (Å²) in [7, 11) is 0. The first-order valence-electron chi connectivity index (χ1n) is 9.51. The molecular formula is C20H24N2O7S. The fourth-order valence-corrected chi connectivity index (χ4v) is 3.52. The Morgan fingerprint density at radius 3 is 2.70 bits per heavy atom. The van der Waals surface area contributed by atoms with E-state index in [1.165, 1.54) is 12.1 Å². The summed E-state index contributed by atoms with van der Waals surface area (Å²) >= 11 is 0.739. The first kappa shape index (κ1) is 23.3. The molecule has 0 atom stereocenters. The molecule has 1 fully saturated rings. The van der Waals surface area contributed by atoms with Gasteiger partial charge >= 0.3 is 5.97 Å². The molecule has 9 nitrogen and oxygen atoms in total. The molecular weight excluding hydrogens is 412 g/mol. The van der Waals surface area contributed by atoms with E-state index in [0.29, 0.717) is 38.0 Å². The van der Waals surface area contributed by atoms with Gasteiger partial charge in [-0.05, 0) is 55.3 Å². The number of rotatable bonds is 11. The molecule has 1 aromatic carbocycles. The first-order valence-corrected chi connectivity index (χ1v) is 10.3. The number of carboxylic acid groups (broad SMARTS) is 1. The summed E-state index contributed by atoms with van der Waals surface area (Å²) in [6.07, 6.45) is 3.40. The van der Waals surface area contributed by atoms with E-state index in [1.54, 1.807) is 19.1 Å². The third-order valence-corrected chi connectivity index (χ3v) is 5.05. The molecule has 0 spiro atoms. The summed E-state index contributed by atoms with van der Waals surface area (Å²) in [5.74, 6) is -1.63. The van der Waals surface area contributed by atoms with Crippen LogP contribution in [-0.2, 0) is 14.4 Å². The Balaban J connectivity index is 1.90. The number of phenols is 1. The molecule has 30 heavy (non-hydrogen) atoms. The third-order valence-electron chi connectivity index (χ3n) is 4.15. The molecule has 0 bridgehead atoms. The lowest BCUT2D eigenvalue weighted by Crippen LogP contribution is -2.39. The number of phenolic OH excluding ortho intramolecular Hbond substituents is 1. The summed E-state index contributed by atoms with van der Waals surface area (Å²) in [4.78, 5) is 48.2. The molecule has 1 aliphatic rings. The number of nitrogens with zero attached hydrogens (tertiary/aromatic N) is 1. The van der Waals surface area contributed by atoms with Crippen LogP contribution >= 0.6 is 11.8 Å².